The maximum absolute atomic E-state index is 12.4. The van der Waals surface area contributed by atoms with Gasteiger partial charge in [-0.2, -0.15) is 0 Å². The summed E-state index contributed by atoms with van der Waals surface area (Å²) in [5.74, 6) is -0.105. The summed E-state index contributed by atoms with van der Waals surface area (Å²) in [6.45, 7) is 4.87. The number of unbranched alkanes of at least 4 members (excludes halogenated alkanes) is 34. The second kappa shape index (κ2) is 47.3. The molecule has 2 unspecified atom stereocenters. The zero-order chi connectivity index (χ0) is 41.5. The number of amides is 1. The quantitative estimate of drug-likeness (QED) is 0.0323. The van der Waals surface area contributed by atoms with Crippen LogP contribution in [0.1, 0.15) is 277 Å². The fourth-order valence-electron chi connectivity index (χ4n) is 7.87. The number of allylic oxidation sites excluding steroid dienone is 2. The van der Waals surface area contributed by atoms with Crippen LogP contribution in [0.2, 0.25) is 0 Å². The van der Waals surface area contributed by atoms with Crippen LogP contribution in [0.3, 0.4) is 0 Å². The van der Waals surface area contributed by atoms with Crippen LogP contribution in [0.5, 0.6) is 0 Å². The topological polar surface area (TPSA) is 95.9 Å². The Bertz CT molecular complexity index is 847. The molecule has 0 aromatic rings. The van der Waals surface area contributed by atoms with Crippen LogP contribution in [-0.4, -0.2) is 47.4 Å². The Kier molecular flexibility index (Phi) is 46.1. The summed E-state index contributed by atoms with van der Waals surface area (Å²) in [4.78, 5) is 24.4. The third kappa shape index (κ3) is 44.0. The van der Waals surface area contributed by atoms with Crippen molar-refractivity contribution < 1.29 is 24.5 Å². The van der Waals surface area contributed by atoms with Crippen LogP contribution in [0, 0.1) is 0 Å². The highest BCUT2D eigenvalue weighted by Crippen LogP contribution is 2.17. The smallest absolute Gasteiger partial charge is 0.305 e. The standard InChI is InChI=1S/C51H99NO5/c1-3-5-7-9-11-13-15-16-17-18-19-20-21-22-24-27-31-35-39-43-49(54)48(47-53)52-50(55)44-40-36-32-28-25-26-30-34-38-42-46-57-51(56)45-41-37-33-29-23-14-12-10-8-6-4-2/h26,30,48-49,53-54H,3-25,27-29,31-47H2,1-2H3,(H,52,55)/b30-26-. The first kappa shape index (κ1) is 55.6. The van der Waals surface area contributed by atoms with E-state index in [1.54, 1.807) is 0 Å². The van der Waals surface area contributed by atoms with Gasteiger partial charge in [-0.3, -0.25) is 9.59 Å². The lowest BCUT2D eigenvalue weighted by atomic mass is 10.0. The molecule has 57 heavy (non-hydrogen) atoms. The van der Waals surface area contributed by atoms with E-state index in [2.05, 4.69) is 31.3 Å². The molecular weight excluding hydrogens is 707 g/mol. The summed E-state index contributed by atoms with van der Waals surface area (Å²) in [7, 11) is 0. The van der Waals surface area contributed by atoms with Crippen molar-refractivity contribution in [3.63, 3.8) is 0 Å². The Hall–Kier alpha value is -1.40. The molecule has 0 spiro atoms. The maximum atomic E-state index is 12.4. The van der Waals surface area contributed by atoms with Crippen LogP contribution < -0.4 is 5.32 Å². The van der Waals surface area contributed by atoms with E-state index in [9.17, 15) is 19.8 Å². The Morgan fingerprint density at radius 1 is 0.474 bits per heavy atom. The largest absolute Gasteiger partial charge is 0.466 e. The minimum atomic E-state index is -0.685. The van der Waals surface area contributed by atoms with Gasteiger partial charge in [0.25, 0.3) is 0 Å². The van der Waals surface area contributed by atoms with E-state index in [1.807, 2.05) is 0 Å². The number of carbonyl (C=O) groups is 2. The van der Waals surface area contributed by atoms with Crippen molar-refractivity contribution in [3.8, 4) is 0 Å². The van der Waals surface area contributed by atoms with Gasteiger partial charge >= 0.3 is 5.97 Å². The first-order valence-electron chi connectivity index (χ1n) is 25.4. The van der Waals surface area contributed by atoms with Gasteiger partial charge in [0.15, 0.2) is 0 Å². The first-order valence-corrected chi connectivity index (χ1v) is 25.4. The Labute approximate surface area is 355 Å². The van der Waals surface area contributed by atoms with Gasteiger partial charge < -0.3 is 20.3 Å². The summed E-state index contributed by atoms with van der Waals surface area (Å²) in [6, 6.07) is -0.565. The normalized spacial score (nSPS) is 12.7. The molecule has 6 nitrogen and oxygen atoms in total. The second-order valence-corrected chi connectivity index (χ2v) is 17.5. The molecule has 0 aliphatic rings. The third-order valence-electron chi connectivity index (χ3n) is 11.8. The molecule has 0 aliphatic carbocycles. The van der Waals surface area contributed by atoms with Crippen LogP contribution in [0.15, 0.2) is 12.2 Å². The van der Waals surface area contributed by atoms with Gasteiger partial charge in [0.05, 0.1) is 25.4 Å². The minimum absolute atomic E-state index is 0.0362. The zero-order valence-electron chi connectivity index (χ0n) is 38.3. The molecule has 338 valence electrons. The maximum Gasteiger partial charge on any atom is 0.305 e. The van der Waals surface area contributed by atoms with E-state index in [4.69, 9.17) is 4.74 Å². The number of aliphatic hydroxyl groups is 2. The van der Waals surface area contributed by atoms with Crippen LogP contribution in [0.4, 0.5) is 0 Å². The van der Waals surface area contributed by atoms with E-state index in [-0.39, 0.29) is 18.5 Å². The van der Waals surface area contributed by atoms with E-state index >= 15 is 0 Å². The predicted octanol–water partition coefficient (Wildman–Crippen LogP) is 15.0. The average Bonchev–Trinajstić information content (AvgIpc) is 3.21. The summed E-state index contributed by atoms with van der Waals surface area (Å²) < 4.78 is 5.41. The SMILES string of the molecule is CCCCCCCCCCCCCCCCCCCCCC(O)C(CO)NC(=O)CCCCCC/C=C\CCCCOC(=O)CCCCCCCCCCCCC. The number of nitrogens with one attached hydrogen (secondary N) is 1. The Balaban J connectivity index is 3.53. The molecule has 3 N–H and O–H groups in total. The van der Waals surface area contributed by atoms with Crippen molar-refractivity contribution in [2.24, 2.45) is 0 Å². The molecule has 0 aliphatic heterocycles. The molecule has 1 amide bonds. The van der Waals surface area contributed by atoms with E-state index < -0.39 is 12.1 Å². The van der Waals surface area contributed by atoms with E-state index in [1.165, 1.54) is 167 Å². The van der Waals surface area contributed by atoms with Crippen molar-refractivity contribution in [1.29, 1.82) is 0 Å². The minimum Gasteiger partial charge on any atom is -0.466 e. The molecule has 0 radical (unpaired) electrons. The lowest BCUT2D eigenvalue weighted by molar-refractivity contribution is -0.143. The number of carbonyl (C=O) groups excluding carboxylic acids is 2. The van der Waals surface area contributed by atoms with Crippen molar-refractivity contribution >= 4 is 11.9 Å². The molecule has 0 aromatic carbocycles. The van der Waals surface area contributed by atoms with E-state index in [0.29, 0.717) is 25.9 Å². The van der Waals surface area contributed by atoms with Gasteiger partial charge in [-0.05, 0) is 51.4 Å². The van der Waals surface area contributed by atoms with Gasteiger partial charge in [-0.25, -0.2) is 0 Å². The van der Waals surface area contributed by atoms with Crippen LogP contribution >= 0.6 is 0 Å². The van der Waals surface area contributed by atoms with E-state index in [0.717, 1.165) is 77.0 Å². The van der Waals surface area contributed by atoms with Crippen molar-refractivity contribution in [2.45, 2.75) is 289 Å². The lowest BCUT2D eigenvalue weighted by Crippen LogP contribution is -2.45. The lowest BCUT2D eigenvalue weighted by Gasteiger charge is -2.22. The third-order valence-corrected chi connectivity index (χ3v) is 11.8. The van der Waals surface area contributed by atoms with Gasteiger partial charge in [-0.1, -0.05) is 225 Å². The van der Waals surface area contributed by atoms with Crippen molar-refractivity contribution in [3.05, 3.63) is 12.2 Å². The Morgan fingerprint density at radius 3 is 1.25 bits per heavy atom. The molecule has 0 fully saturated rings. The summed E-state index contributed by atoms with van der Waals surface area (Å²) in [6.07, 6.45) is 53.3. The van der Waals surface area contributed by atoms with Gasteiger partial charge in [-0.15, -0.1) is 0 Å². The fourth-order valence-corrected chi connectivity index (χ4v) is 7.87. The summed E-state index contributed by atoms with van der Waals surface area (Å²) >= 11 is 0. The molecule has 0 bridgehead atoms. The second-order valence-electron chi connectivity index (χ2n) is 17.5. The van der Waals surface area contributed by atoms with Crippen LogP contribution in [-0.2, 0) is 14.3 Å². The van der Waals surface area contributed by atoms with Crippen molar-refractivity contribution in [1.82, 2.24) is 5.32 Å². The number of hydrogen-bond acceptors (Lipinski definition) is 5. The van der Waals surface area contributed by atoms with Crippen molar-refractivity contribution in [2.75, 3.05) is 13.2 Å². The number of aliphatic hydroxyl groups excluding tert-OH is 2. The highest BCUT2D eigenvalue weighted by molar-refractivity contribution is 5.76. The van der Waals surface area contributed by atoms with Crippen LogP contribution in [0.25, 0.3) is 0 Å². The molecule has 2 atom stereocenters. The van der Waals surface area contributed by atoms with Gasteiger partial charge in [0, 0.05) is 12.8 Å². The number of esters is 1. The predicted molar refractivity (Wildman–Crippen MR) is 246 cm³/mol. The highest BCUT2D eigenvalue weighted by Gasteiger charge is 2.20. The molecular formula is C51H99NO5. The van der Waals surface area contributed by atoms with Gasteiger partial charge in [0.1, 0.15) is 0 Å². The van der Waals surface area contributed by atoms with Gasteiger partial charge in [0.2, 0.25) is 5.91 Å². The zero-order valence-corrected chi connectivity index (χ0v) is 38.3. The Morgan fingerprint density at radius 2 is 0.825 bits per heavy atom. The monoisotopic (exact) mass is 806 g/mol. The first-order chi connectivity index (χ1) is 28.0. The average molecular weight is 806 g/mol. The molecule has 0 heterocycles. The summed E-state index contributed by atoms with van der Waals surface area (Å²) in [5.41, 5.74) is 0. The highest BCUT2D eigenvalue weighted by atomic mass is 16.5. The number of hydrogen-bond donors (Lipinski definition) is 3. The summed E-state index contributed by atoms with van der Waals surface area (Å²) in [5, 5.41) is 23.2. The molecule has 6 heteroatoms. The molecule has 0 aromatic heterocycles. The molecule has 0 saturated heterocycles. The number of ether oxygens (including phenoxy) is 1. The molecule has 0 saturated carbocycles. The fraction of sp³-hybridized carbons (Fsp3) is 0.922. The number of rotatable bonds is 47. The molecule has 0 rings (SSSR count).